The minimum atomic E-state index is -4.42. The lowest BCUT2D eigenvalue weighted by Gasteiger charge is -2.44. The van der Waals surface area contributed by atoms with Crippen LogP contribution in [0.15, 0.2) is 24.3 Å². The third kappa shape index (κ3) is 6.02. The van der Waals surface area contributed by atoms with Crippen LogP contribution in [0.4, 0.5) is 13.2 Å². The van der Waals surface area contributed by atoms with E-state index in [0.29, 0.717) is 11.1 Å². The van der Waals surface area contributed by atoms with Gasteiger partial charge in [-0.3, -0.25) is 4.98 Å². The van der Waals surface area contributed by atoms with Crippen molar-refractivity contribution in [3.8, 4) is 0 Å². The topological polar surface area (TPSA) is 42.4 Å². The number of hydrogen-bond donors (Lipinski definition) is 1. The second kappa shape index (κ2) is 9.97. The van der Waals surface area contributed by atoms with E-state index < -0.39 is 26.2 Å². The zero-order valence-electron chi connectivity index (χ0n) is 22.8. The largest absolute Gasteiger partial charge is 0.416 e. The maximum atomic E-state index is 13.1. The van der Waals surface area contributed by atoms with Gasteiger partial charge in [-0.1, -0.05) is 60.6 Å². The fraction of sp³-hybridized carbons (Fsp3) is 0.607. The summed E-state index contributed by atoms with van der Waals surface area (Å²) in [4.78, 5) is 5.11. The number of alkyl halides is 3. The van der Waals surface area contributed by atoms with E-state index in [1.807, 2.05) is 13.8 Å². The summed E-state index contributed by atoms with van der Waals surface area (Å²) >= 11 is 2.30. The highest BCUT2D eigenvalue weighted by Crippen LogP contribution is 2.50. The Morgan fingerprint density at radius 2 is 1.67 bits per heavy atom. The molecule has 3 nitrogen and oxygen atoms in total. The molecule has 0 saturated carbocycles. The highest BCUT2D eigenvalue weighted by Gasteiger charge is 2.44. The van der Waals surface area contributed by atoms with Gasteiger partial charge in [0.2, 0.25) is 0 Å². The third-order valence-electron chi connectivity index (χ3n) is 7.64. The van der Waals surface area contributed by atoms with E-state index in [2.05, 4.69) is 70.3 Å². The van der Waals surface area contributed by atoms with Gasteiger partial charge < -0.3 is 9.53 Å². The van der Waals surface area contributed by atoms with Gasteiger partial charge in [-0.25, -0.2) is 0 Å². The third-order valence-corrected chi connectivity index (χ3v) is 13.3. The van der Waals surface area contributed by atoms with Crippen LogP contribution in [0, 0.1) is 8.99 Å². The van der Waals surface area contributed by atoms with Gasteiger partial charge in [0.1, 0.15) is 6.10 Å². The number of hydrogen-bond acceptors (Lipinski definition) is 3. The van der Waals surface area contributed by atoms with Crippen molar-refractivity contribution in [1.82, 2.24) is 4.98 Å². The number of rotatable bonds is 5. The normalized spacial score (nSPS) is 19.4. The molecule has 0 radical (unpaired) electrons. The number of aliphatic hydroxyl groups excluding tert-OH is 1. The number of fused-ring (bicyclic) bond motifs is 1. The van der Waals surface area contributed by atoms with Crippen molar-refractivity contribution in [3.05, 3.63) is 61.5 Å². The van der Waals surface area contributed by atoms with Crippen LogP contribution in [0.25, 0.3) is 0 Å². The number of benzene rings is 1. The van der Waals surface area contributed by atoms with Crippen LogP contribution >= 0.6 is 22.6 Å². The molecule has 0 saturated heterocycles. The molecule has 1 N–H and O–H groups in total. The summed E-state index contributed by atoms with van der Waals surface area (Å²) in [6, 6.07) is 4.77. The lowest BCUT2D eigenvalue weighted by molar-refractivity contribution is -0.137. The Bertz CT molecular complexity index is 1110. The first kappa shape index (κ1) is 29.6. The van der Waals surface area contributed by atoms with Crippen LogP contribution in [0.5, 0.6) is 0 Å². The average Bonchev–Trinajstić information content (AvgIpc) is 2.70. The SMILES string of the molecule is CC(C)c1nc2c(c(I)c1[C@H](O)c1ccc(C(F)(F)F)cc1)[C@@H](O[Si](C)(C)C(C)(C)C)CC(C)(C)C2. The van der Waals surface area contributed by atoms with Crippen molar-refractivity contribution < 1.29 is 22.7 Å². The van der Waals surface area contributed by atoms with Gasteiger partial charge in [0.15, 0.2) is 8.32 Å². The van der Waals surface area contributed by atoms with E-state index in [1.54, 1.807) is 0 Å². The molecule has 0 aliphatic heterocycles. The minimum Gasteiger partial charge on any atom is -0.410 e. The molecule has 3 rings (SSSR count). The quantitative estimate of drug-likeness (QED) is 0.264. The zero-order chi connectivity index (χ0) is 27.4. The monoisotopic (exact) mass is 633 g/mol. The zero-order valence-corrected chi connectivity index (χ0v) is 25.9. The first-order valence-electron chi connectivity index (χ1n) is 12.5. The Morgan fingerprint density at radius 1 is 1.11 bits per heavy atom. The van der Waals surface area contributed by atoms with E-state index in [1.165, 1.54) is 12.1 Å². The second-order valence-electron chi connectivity index (χ2n) is 12.7. The lowest BCUT2D eigenvalue weighted by Crippen LogP contribution is -2.44. The molecule has 1 aliphatic rings. The molecule has 2 atom stereocenters. The Balaban J connectivity index is 2.18. The molecule has 1 heterocycles. The fourth-order valence-corrected chi connectivity index (χ4v) is 7.09. The summed E-state index contributed by atoms with van der Waals surface area (Å²) in [6.45, 7) is 19.7. The smallest absolute Gasteiger partial charge is 0.410 e. The summed E-state index contributed by atoms with van der Waals surface area (Å²) in [7, 11) is -2.11. The van der Waals surface area contributed by atoms with Crippen LogP contribution in [-0.4, -0.2) is 18.4 Å². The van der Waals surface area contributed by atoms with Gasteiger partial charge in [-0.2, -0.15) is 13.2 Å². The molecule has 2 aromatic rings. The van der Waals surface area contributed by atoms with Crippen molar-refractivity contribution in [2.75, 3.05) is 0 Å². The Kier molecular flexibility index (Phi) is 8.19. The van der Waals surface area contributed by atoms with Crippen molar-refractivity contribution in [2.24, 2.45) is 5.41 Å². The number of pyridine rings is 1. The fourth-order valence-electron chi connectivity index (χ4n) is 4.60. The molecule has 200 valence electrons. The first-order chi connectivity index (χ1) is 16.2. The minimum absolute atomic E-state index is 0.0118. The van der Waals surface area contributed by atoms with Crippen LogP contribution in [-0.2, 0) is 17.0 Å². The standard InChI is InChI=1S/C28H39F3INO2Si/c1-16(2)24-22(25(34)17-10-12-18(13-11-17)28(29,30)31)23(32)21-19(33-24)14-27(6,7)15-20(21)35-36(8,9)26(3,4)5/h10-13,16,20,25,34H,14-15H2,1-9H3/t20-,25+/m0/s1. The summed E-state index contributed by atoms with van der Waals surface area (Å²) in [6.07, 6.45) is -4.00. The maximum absolute atomic E-state index is 13.1. The average molecular weight is 634 g/mol. The van der Waals surface area contributed by atoms with E-state index in [4.69, 9.17) is 9.41 Å². The van der Waals surface area contributed by atoms with Crippen molar-refractivity contribution in [1.29, 1.82) is 0 Å². The van der Waals surface area contributed by atoms with Crippen LogP contribution in [0.2, 0.25) is 18.1 Å². The lowest BCUT2D eigenvalue weighted by atomic mass is 9.74. The molecule has 1 aromatic heterocycles. The summed E-state index contributed by atoms with van der Waals surface area (Å²) < 4.78 is 47.2. The highest BCUT2D eigenvalue weighted by molar-refractivity contribution is 14.1. The number of aromatic nitrogens is 1. The molecule has 0 unspecified atom stereocenters. The van der Waals surface area contributed by atoms with E-state index >= 15 is 0 Å². The molecule has 1 aliphatic carbocycles. The molecule has 0 bridgehead atoms. The Hall–Kier alpha value is -0.973. The van der Waals surface area contributed by atoms with Gasteiger partial charge in [0.25, 0.3) is 0 Å². The second-order valence-corrected chi connectivity index (χ2v) is 18.5. The molecule has 36 heavy (non-hydrogen) atoms. The predicted octanol–water partition coefficient (Wildman–Crippen LogP) is 8.95. The summed E-state index contributed by atoms with van der Waals surface area (Å²) in [5.74, 6) is 0.0349. The predicted molar refractivity (Wildman–Crippen MR) is 150 cm³/mol. The van der Waals surface area contributed by atoms with Crippen molar-refractivity contribution in [2.45, 2.75) is 104 Å². The summed E-state index contributed by atoms with van der Waals surface area (Å²) in [5.41, 5.74) is 3.20. The number of halogens is 4. The molecular weight excluding hydrogens is 594 g/mol. The van der Waals surface area contributed by atoms with Gasteiger partial charge >= 0.3 is 6.18 Å². The van der Waals surface area contributed by atoms with Gasteiger partial charge in [0.05, 0.1) is 17.4 Å². The van der Waals surface area contributed by atoms with Gasteiger partial charge in [-0.05, 0) is 82.6 Å². The summed E-state index contributed by atoms with van der Waals surface area (Å²) in [5, 5.41) is 11.5. The Morgan fingerprint density at radius 3 is 2.14 bits per heavy atom. The molecule has 0 fully saturated rings. The van der Waals surface area contributed by atoms with Crippen molar-refractivity contribution in [3.63, 3.8) is 0 Å². The van der Waals surface area contributed by atoms with Gasteiger partial charge in [0, 0.05) is 20.4 Å². The Labute approximate surface area is 228 Å². The molecule has 1 aromatic carbocycles. The van der Waals surface area contributed by atoms with Crippen LogP contribution < -0.4 is 0 Å². The van der Waals surface area contributed by atoms with Gasteiger partial charge in [-0.15, -0.1) is 0 Å². The van der Waals surface area contributed by atoms with Crippen molar-refractivity contribution >= 4 is 30.9 Å². The molecule has 0 spiro atoms. The maximum Gasteiger partial charge on any atom is 0.416 e. The number of aliphatic hydroxyl groups is 1. The molecule has 8 heteroatoms. The highest BCUT2D eigenvalue weighted by atomic mass is 127. The molecular formula is C28H39F3INO2Si. The number of nitrogens with zero attached hydrogens (tertiary/aromatic N) is 1. The first-order valence-corrected chi connectivity index (χ1v) is 16.5. The van der Waals surface area contributed by atoms with Crippen LogP contribution in [0.1, 0.15) is 107 Å². The molecule has 0 amide bonds. The van der Waals surface area contributed by atoms with Crippen LogP contribution in [0.3, 0.4) is 0 Å². The van der Waals surface area contributed by atoms with E-state index in [-0.39, 0.29) is 22.5 Å². The van der Waals surface area contributed by atoms with E-state index in [9.17, 15) is 18.3 Å². The van der Waals surface area contributed by atoms with E-state index in [0.717, 1.165) is 45.5 Å².